The van der Waals surface area contributed by atoms with Gasteiger partial charge in [0.05, 0.1) is 55.1 Å². The first-order chi connectivity index (χ1) is 19.7. The van der Waals surface area contributed by atoms with E-state index in [0.29, 0.717) is 0 Å². The SMILES string of the molecule is CC(C)/C=C/[C@@H](C[C@@H]1O[C@](O)(C[C@@H](O)C(C)C)C[C@H](O)[C@H]1C(=O)NCCn1ncnn1)OC1OC(C)C(O)C(N)C1O. The van der Waals surface area contributed by atoms with E-state index in [-0.39, 0.29) is 44.2 Å². The lowest BCUT2D eigenvalue weighted by molar-refractivity contribution is -0.307. The van der Waals surface area contributed by atoms with E-state index in [2.05, 4.69) is 20.7 Å². The molecule has 8 N–H and O–H groups in total. The van der Waals surface area contributed by atoms with E-state index in [0.717, 1.165) is 0 Å². The van der Waals surface area contributed by atoms with Crippen LogP contribution in [0.1, 0.15) is 53.9 Å². The van der Waals surface area contributed by atoms with E-state index < -0.39 is 72.7 Å². The fourth-order valence-electron chi connectivity index (χ4n) is 5.13. The average Bonchev–Trinajstić information content (AvgIpc) is 3.42. The second-order valence-corrected chi connectivity index (χ2v) is 12.0. The Morgan fingerprint density at radius 2 is 1.95 bits per heavy atom. The zero-order valence-electron chi connectivity index (χ0n) is 24.9. The highest BCUT2D eigenvalue weighted by atomic mass is 16.7. The fraction of sp³-hybridized carbons (Fsp3) is 0.852. The van der Waals surface area contributed by atoms with Crippen LogP contribution in [0.15, 0.2) is 18.5 Å². The molecule has 11 atom stereocenters. The standard InChI is InChI=1S/C27H48N6O9/c1-14(2)6-7-17(41-26-24(37)22(28)23(36)16(5)40-26)10-20-21(25(38)29-8-9-33-31-13-30-32-33)19(35)12-27(39,42-20)11-18(34)15(3)4/h6-7,13-24,26,34-37,39H,8-12,28H2,1-5H3,(H,29,38)/b7-6+/t16?,17-,18+,19-,20-,21+,22?,23?,24?,26?,27+/m0/s1. The fourth-order valence-corrected chi connectivity index (χ4v) is 5.13. The van der Waals surface area contributed by atoms with Gasteiger partial charge in [0.2, 0.25) is 5.91 Å². The number of aromatic nitrogens is 4. The first kappa shape index (κ1) is 34.4. The molecule has 2 aliphatic heterocycles. The number of aliphatic hydroxyl groups is 5. The zero-order valence-corrected chi connectivity index (χ0v) is 24.9. The van der Waals surface area contributed by atoms with Crippen molar-refractivity contribution in [3.05, 3.63) is 18.5 Å². The van der Waals surface area contributed by atoms with Crippen molar-refractivity contribution in [1.29, 1.82) is 0 Å². The molecule has 0 aliphatic carbocycles. The van der Waals surface area contributed by atoms with Gasteiger partial charge in [0.1, 0.15) is 6.10 Å². The van der Waals surface area contributed by atoms with Crippen LogP contribution in [-0.4, -0.2) is 119 Å². The summed E-state index contributed by atoms with van der Waals surface area (Å²) in [5, 5.41) is 68.0. The lowest BCUT2D eigenvalue weighted by Gasteiger charge is -2.46. The normalized spacial score (nSPS) is 35.5. The maximum Gasteiger partial charge on any atom is 0.228 e. The molecule has 42 heavy (non-hydrogen) atoms. The van der Waals surface area contributed by atoms with Crippen molar-refractivity contribution in [3.63, 3.8) is 0 Å². The molecule has 15 heteroatoms. The van der Waals surface area contributed by atoms with E-state index in [9.17, 15) is 30.3 Å². The number of carbonyl (C=O) groups is 1. The summed E-state index contributed by atoms with van der Waals surface area (Å²) in [7, 11) is 0. The summed E-state index contributed by atoms with van der Waals surface area (Å²) in [4.78, 5) is 14.7. The Hall–Kier alpha value is -2.08. The van der Waals surface area contributed by atoms with Crippen molar-refractivity contribution in [3.8, 4) is 0 Å². The molecule has 1 aromatic heterocycles. The van der Waals surface area contributed by atoms with Crippen LogP contribution in [0.4, 0.5) is 0 Å². The van der Waals surface area contributed by atoms with Crippen LogP contribution in [0.3, 0.4) is 0 Å². The van der Waals surface area contributed by atoms with Gasteiger partial charge in [-0.15, -0.1) is 10.2 Å². The molecule has 2 aliphatic rings. The highest BCUT2D eigenvalue weighted by Gasteiger charge is 2.50. The van der Waals surface area contributed by atoms with Gasteiger partial charge in [-0.3, -0.25) is 4.79 Å². The largest absolute Gasteiger partial charge is 0.393 e. The van der Waals surface area contributed by atoms with Gasteiger partial charge in [0, 0.05) is 25.8 Å². The molecular weight excluding hydrogens is 552 g/mol. The second kappa shape index (κ2) is 15.1. The number of hydrogen-bond donors (Lipinski definition) is 7. The minimum absolute atomic E-state index is 0.0260. The molecule has 1 amide bonds. The van der Waals surface area contributed by atoms with Gasteiger partial charge in [-0.25, -0.2) is 0 Å². The molecule has 5 unspecified atom stereocenters. The summed E-state index contributed by atoms with van der Waals surface area (Å²) in [6.45, 7) is 9.51. The molecule has 240 valence electrons. The lowest BCUT2D eigenvalue weighted by atomic mass is 9.81. The maximum atomic E-state index is 13.4. The van der Waals surface area contributed by atoms with Crippen molar-refractivity contribution in [2.75, 3.05) is 6.54 Å². The minimum Gasteiger partial charge on any atom is -0.393 e. The predicted molar refractivity (Wildman–Crippen MR) is 148 cm³/mol. The van der Waals surface area contributed by atoms with Crippen LogP contribution in [-0.2, 0) is 25.5 Å². The third-order valence-corrected chi connectivity index (χ3v) is 7.70. The van der Waals surface area contributed by atoms with Crippen molar-refractivity contribution < 1.29 is 44.5 Å². The molecule has 0 bridgehead atoms. The highest BCUT2D eigenvalue weighted by Crippen LogP contribution is 2.38. The number of hydrogen-bond acceptors (Lipinski definition) is 13. The first-order valence-electron chi connectivity index (χ1n) is 14.6. The van der Waals surface area contributed by atoms with Crippen molar-refractivity contribution in [1.82, 2.24) is 25.5 Å². The van der Waals surface area contributed by atoms with Crippen LogP contribution in [0.25, 0.3) is 0 Å². The highest BCUT2D eigenvalue weighted by molar-refractivity contribution is 5.80. The summed E-state index contributed by atoms with van der Waals surface area (Å²) in [5.74, 6) is -3.60. The van der Waals surface area contributed by atoms with Gasteiger partial charge in [-0.2, -0.15) is 4.80 Å². The number of tetrazole rings is 1. The van der Waals surface area contributed by atoms with Gasteiger partial charge >= 0.3 is 0 Å². The van der Waals surface area contributed by atoms with Gasteiger partial charge in [-0.05, 0) is 24.0 Å². The van der Waals surface area contributed by atoms with Gasteiger partial charge in [0.25, 0.3) is 0 Å². The second-order valence-electron chi connectivity index (χ2n) is 12.0. The van der Waals surface area contributed by atoms with Crippen molar-refractivity contribution in [2.24, 2.45) is 23.5 Å². The number of carbonyl (C=O) groups excluding carboxylic acids is 1. The quantitative estimate of drug-likeness (QED) is 0.127. The number of ether oxygens (including phenoxy) is 3. The van der Waals surface area contributed by atoms with Crippen molar-refractivity contribution >= 4 is 5.91 Å². The topological polar surface area (TPSA) is 228 Å². The number of nitrogens with two attached hydrogens (primary N) is 1. The summed E-state index contributed by atoms with van der Waals surface area (Å²) >= 11 is 0. The molecule has 1 aromatic rings. The van der Waals surface area contributed by atoms with E-state index in [1.54, 1.807) is 26.8 Å². The predicted octanol–water partition coefficient (Wildman–Crippen LogP) is -1.57. The Balaban J connectivity index is 1.84. The van der Waals surface area contributed by atoms with Gasteiger partial charge < -0.3 is 50.8 Å². The number of aliphatic hydroxyl groups excluding tert-OH is 4. The number of allylic oxidation sites excluding steroid dienone is 1. The van der Waals surface area contributed by atoms with E-state index in [1.807, 2.05) is 19.9 Å². The van der Waals surface area contributed by atoms with Crippen LogP contribution in [0.2, 0.25) is 0 Å². The number of nitrogens with one attached hydrogen (secondary N) is 1. The van der Waals surface area contributed by atoms with Crippen LogP contribution in [0.5, 0.6) is 0 Å². The van der Waals surface area contributed by atoms with Gasteiger partial charge in [-0.1, -0.05) is 39.8 Å². The number of rotatable bonds is 13. The smallest absolute Gasteiger partial charge is 0.228 e. The summed E-state index contributed by atoms with van der Waals surface area (Å²) in [6.07, 6.45) is -4.07. The Morgan fingerprint density at radius 1 is 1.24 bits per heavy atom. The summed E-state index contributed by atoms with van der Waals surface area (Å²) in [6, 6.07) is -1.01. The molecule has 0 radical (unpaired) electrons. The molecule has 3 heterocycles. The monoisotopic (exact) mass is 600 g/mol. The third-order valence-electron chi connectivity index (χ3n) is 7.70. The van der Waals surface area contributed by atoms with E-state index in [4.69, 9.17) is 19.9 Å². The van der Waals surface area contributed by atoms with Crippen molar-refractivity contribution in [2.45, 2.75) is 121 Å². The van der Waals surface area contributed by atoms with E-state index >= 15 is 0 Å². The zero-order chi connectivity index (χ0) is 31.2. The molecule has 0 saturated carbocycles. The Bertz CT molecular complexity index is 999. The summed E-state index contributed by atoms with van der Waals surface area (Å²) < 4.78 is 17.9. The van der Waals surface area contributed by atoms with Crippen LogP contribution in [0, 0.1) is 17.8 Å². The lowest BCUT2D eigenvalue weighted by Crippen LogP contribution is -2.62. The molecular formula is C27H48N6O9. The Labute approximate surface area is 246 Å². The van der Waals surface area contributed by atoms with Gasteiger partial charge in [0.15, 0.2) is 18.4 Å². The summed E-state index contributed by atoms with van der Waals surface area (Å²) in [5.41, 5.74) is 5.99. The maximum absolute atomic E-state index is 13.4. The molecule has 2 saturated heterocycles. The molecule has 15 nitrogen and oxygen atoms in total. The Morgan fingerprint density at radius 3 is 2.57 bits per heavy atom. The van der Waals surface area contributed by atoms with Crippen LogP contribution >= 0.6 is 0 Å². The number of nitrogens with zero attached hydrogens (tertiary/aromatic N) is 4. The van der Waals surface area contributed by atoms with E-state index in [1.165, 1.54) is 11.1 Å². The Kier molecular flexibility index (Phi) is 12.4. The van der Waals surface area contributed by atoms with Crippen LogP contribution < -0.4 is 11.1 Å². The molecule has 0 spiro atoms. The minimum atomic E-state index is -1.91. The molecule has 3 rings (SSSR count). The average molecular weight is 601 g/mol. The molecule has 0 aromatic carbocycles. The number of amides is 1. The first-order valence-corrected chi connectivity index (χ1v) is 14.6. The third kappa shape index (κ3) is 9.21. The molecule has 2 fully saturated rings.